The maximum absolute atomic E-state index is 11.5. The lowest BCUT2D eigenvalue weighted by molar-refractivity contribution is -0.130. The highest BCUT2D eigenvalue weighted by Crippen LogP contribution is 2.00. The summed E-state index contributed by atoms with van der Waals surface area (Å²) >= 11 is 0. The predicted molar refractivity (Wildman–Crippen MR) is 115 cm³/mol. The second-order valence-electron chi connectivity index (χ2n) is 5.66. The SMILES string of the molecule is O=C(COCC(=O)N/N=C\C=C\c1ccccc1)N/N=C\C=C/c1ccccc1. The van der Waals surface area contributed by atoms with Gasteiger partial charge in [0.25, 0.3) is 11.8 Å². The summed E-state index contributed by atoms with van der Waals surface area (Å²) in [5.74, 6) is -0.923. The molecule has 0 saturated heterocycles. The van der Waals surface area contributed by atoms with Crippen molar-refractivity contribution in [3.05, 3.63) is 83.9 Å². The molecule has 2 rings (SSSR count). The Morgan fingerprint density at radius 3 is 1.55 bits per heavy atom. The molecule has 0 fully saturated rings. The van der Waals surface area contributed by atoms with E-state index in [1.165, 1.54) is 12.4 Å². The van der Waals surface area contributed by atoms with E-state index in [1.807, 2.05) is 72.8 Å². The van der Waals surface area contributed by atoms with Crippen LogP contribution in [0.1, 0.15) is 11.1 Å². The van der Waals surface area contributed by atoms with Crippen LogP contribution in [0.4, 0.5) is 0 Å². The number of amides is 2. The average molecular weight is 390 g/mol. The third kappa shape index (κ3) is 10.2. The summed E-state index contributed by atoms with van der Waals surface area (Å²) in [6.45, 7) is -0.574. The highest BCUT2D eigenvalue weighted by Gasteiger charge is 2.03. The van der Waals surface area contributed by atoms with E-state index in [2.05, 4.69) is 21.1 Å². The summed E-state index contributed by atoms with van der Waals surface area (Å²) in [6, 6.07) is 19.4. The summed E-state index contributed by atoms with van der Waals surface area (Å²) in [5.41, 5.74) is 6.66. The van der Waals surface area contributed by atoms with E-state index in [9.17, 15) is 9.59 Å². The molecule has 0 aliphatic heterocycles. The third-order valence-electron chi connectivity index (χ3n) is 3.34. The summed E-state index contributed by atoms with van der Waals surface area (Å²) < 4.78 is 5.00. The van der Waals surface area contributed by atoms with Crippen molar-refractivity contribution in [1.82, 2.24) is 10.9 Å². The highest BCUT2D eigenvalue weighted by molar-refractivity contribution is 5.83. The molecule has 0 aliphatic carbocycles. The van der Waals surface area contributed by atoms with Gasteiger partial charge in [0.05, 0.1) is 0 Å². The summed E-state index contributed by atoms with van der Waals surface area (Å²) in [7, 11) is 0. The fraction of sp³-hybridized carbons (Fsp3) is 0.0909. The van der Waals surface area contributed by atoms with Crippen molar-refractivity contribution in [2.24, 2.45) is 10.2 Å². The molecule has 0 saturated carbocycles. The highest BCUT2D eigenvalue weighted by atomic mass is 16.5. The van der Waals surface area contributed by atoms with Crippen LogP contribution in [0.25, 0.3) is 12.2 Å². The topological polar surface area (TPSA) is 92.2 Å². The van der Waals surface area contributed by atoms with Crippen LogP contribution in [0.2, 0.25) is 0 Å². The van der Waals surface area contributed by atoms with Gasteiger partial charge in [-0.25, -0.2) is 10.9 Å². The molecule has 2 aromatic rings. The van der Waals surface area contributed by atoms with Crippen molar-refractivity contribution in [2.45, 2.75) is 0 Å². The van der Waals surface area contributed by atoms with Gasteiger partial charge in [0.1, 0.15) is 13.2 Å². The molecule has 2 amide bonds. The maximum Gasteiger partial charge on any atom is 0.266 e. The summed E-state index contributed by atoms with van der Waals surface area (Å²) in [6.07, 6.45) is 10.0. The molecule has 0 atom stereocenters. The molecular weight excluding hydrogens is 368 g/mol. The van der Waals surface area contributed by atoms with E-state index in [-0.39, 0.29) is 13.2 Å². The van der Waals surface area contributed by atoms with Crippen molar-refractivity contribution < 1.29 is 14.3 Å². The van der Waals surface area contributed by atoms with E-state index in [0.29, 0.717) is 0 Å². The van der Waals surface area contributed by atoms with E-state index in [1.54, 1.807) is 12.2 Å². The molecular formula is C22H22N4O3. The van der Waals surface area contributed by atoms with Crippen LogP contribution in [0.15, 0.2) is 83.0 Å². The Hall–Kier alpha value is -3.84. The van der Waals surface area contributed by atoms with Crippen LogP contribution in [-0.2, 0) is 14.3 Å². The first kappa shape index (κ1) is 21.5. The Morgan fingerprint density at radius 1 is 0.724 bits per heavy atom. The molecule has 0 unspecified atom stereocenters. The van der Waals surface area contributed by atoms with Gasteiger partial charge in [-0.3, -0.25) is 9.59 Å². The number of nitrogens with zero attached hydrogens (tertiary/aromatic N) is 2. The second-order valence-corrected chi connectivity index (χ2v) is 5.66. The van der Waals surface area contributed by atoms with Crippen LogP contribution < -0.4 is 10.9 Å². The lowest BCUT2D eigenvalue weighted by atomic mass is 10.2. The van der Waals surface area contributed by atoms with Crippen molar-refractivity contribution in [3.63, 3.8) is 0 Å². The fourth-order valence-corrected chi connectivity index (χ4v) is 2.04. The van der Waals surface area contributed by atoms with E-state index in [4.69, 9.17) is 4.74 Å². The maximum atomic E-state index is 11.5. The van der Waals surface area contributed by atoms with Crippen LogP contribution in [-0.4, -0.2) is 37.5 Å². The zero-order chi connectivity index (χ0) is 20.6. The van der Waals surface area contributed by atoms with Gasteiger partial charge in [0.15, 0.2) is 0 Å². The van der Waals surface area contributed by atoms with Gasteiger partial charge in [-0.05, 0) is 23.3 Å². The number of rotatable bonds is 10. The first-order valence-corrected chi connectivity index (χ1v) is 8.89. The monoisotopic (exact) mass is 390 g/mol. The number of allylic oxidation sites excluding steroid dienone is 2. The Bertz CT molecular complexity index is 802. The minimum Gasteiger partial charge on any atom is -0.362 e. The van der Waals surface area contributed by atoms with Gasteiger partial charge in [-0.15, -0.1) is 0 Å². The summed E-state index contributed by atoms with van der Waals surface area (Å²) in [5, 5.41) is 7.51. The van der Waals surface area contributed by atoms with E-state index >= 15 is 0 Å². The predicted octanol–water partition coefficient (Wildman–Crippen LogP) is 2.63. The first-order valence-electron chi connectivity index (χ1n) is 8.89. The zero-order valence-corrected chi connectivity index (χ0v) is 15.8. The molecule has 2 aromatic carbocycles. The molecule has 0 aromatic heterocycles. The van der Waals surface area contributed by atoms with Crippen molar-refractivity contribution >= 4 is 36.4 Å². The molecule has 29 heavy (non-hydrogen) atoms. The van der Waals surface area contributed by atoms with Crippen LogP contribution in [0.3, 0.4) is 0 Å². The number of hydrogen-bond acceptors (Lipinski definition) is 5. The Balaban J connectivity index is 1.55. The first-order chi connectivity index (χ1) is 14.2. The fourth-order valence-electron chi connectivity index (χ4n) is 2.04. The lowest BCUT2D eigenvalue weighted by Crippen LogP contribution is -2.28. The standard InChI is InChI=1S/C22H22N4O3/c27-21(25-23-15-7-13-19-9-3-1-4-10-19)17-29-18-22(28)26-24-16-8-14-20-11-5-2-6-12-20/h1-16H,17-18H2,(H,25,27)(H,26,28)/b13-7-,14-8+,23-15-,24-16-. The molecule has 2 N–H and O–H groups in total. The smallest absolute Gasteiger partial charge is 0.266 e. The Labute approximate surface area is 169 Å². The number of hydrazone groups is 2. The van der Waals surface area contributed by atoms with Gasteiger partial charge in [-0.1, -0.05) is 72.8 Å². The van der Waals surface area contributed by atoms with Crippen LogP contribution in [0.5, 0.6) is 0 Å². The normalized spacial score (nSPS) is 11.6. The van der Waals surface area contributed by atoms with Gasteiger partial charge in [-0.2, -0.15) is 10.2 Å². The molecule has 0 heterocycles. The zero-order valence-electron chi connectivity index (χ0n) is 15.8. The molecule has 7 nitrogen and oxygen atoms in total. The number of hydrogen-bond donors (Lipinski definition) is 2. The van der Waals surface area contributed by atoms with Crippen molar-refractivity contribution in [3.8, 4) is 0 Å². The van der Waals surface area contributed by atoms with Crippen molar-refractivity contribution in [2.75, 3.05) is 13.2 Å². The quantitative estimate of drug-likeness (QED) is 0.482. The number of ether oxygens (including phenoxy) is 1. The average Bonchev–Trinajstić information content (AvgIpc) is 2.75. The van der Waals surface area contributed by atoms with Gasteiger partial charge < -0.3 is 4.74 Å². The second kappa shape index (κ2) is 13.3. The number of carbonyl (C=O) groups is 2. The number of nitrogens with one attached hydrogen (secondary N) is 2. The molecule has 0 bridgehead atoms. The van der Waals surface area contributed by atoms with E-state index in [0.717, 1.165) is 11.1 Å². The minimum absolute atomic E-state index is 0.287. The Morgan fingerprint density at radius 2 is 1.14 bits per heavy atom. The molecule has 0 spiro atoms. The van der Waals surface area contributed by atoms with Crippen LogP contribution >= 0.6 is 0 Å². The van der Waals surface area contributed by atoms with Crippen LogP contribution in [0, 0.1) is 0 Å². The van der Waals surface area contributed by atoms with Gasteiger partial charge in [0.2, 0.25) is 0 Å². The minimum atomic E-state index is -0.462. The Kier molecular flexibility index (Phi) is 9.88. The largest absolute Gasteiger partial charge is 0.362 e. The van der Waals surface area contributed by atoms with Gasteiger partial charge >= 0.3 is 0 Å². The molecule has 0 radical (unpaired) electrons. The van der Waals surface area contributed by atoms with Crippen molar-refractivity contribution in [1.29, 1.82) is 0 Å². The molecule has 0 aliphatic rings. The molecule has 148 valence electrons. The number of carbonyl (C=O) groups excluding carboxylic acids is 2. The third-order valence-corrected chi connectivity index (χ3v) is 3.34. The van der Waals surface area contributed by atoms with E-state index < -0.39 is 11.8 Å². The lowest BCUT2D eigenvalue weighted by Gasteiger charge is -2.01. The van der Waals surface area contributed by atoms with Gasteiger partial charge in [0, 0.05) is 12.4 Å². The number of benzene rings is 2. The summed E-state index contributed by atoms with van der Waals surface area (Å²) in [4.78, 5) is 23.1. The molecule has 7 heteroatoms.